The molecule has 2 rings (SSSR count). The fourth-order valence-electron chi connectivity index (χ4n) is 2.24. The highest BCUT2D eigenvalue weighted by Gasteiger charge is 2.22. The van der Waals surface area contributed by atoms with Gasteiger partial charge in [0.15, 0.2) is 0 Å². The van der Waals surface area contributed by atoms with Crippen LogP contribution in [0.2, 0.25) is 0 Å². The number of carbonyl (C=O) groups is 1. The number of methoxy groups -OCH3 is 1. The van der Waals surface area contributed by atoms with Gasteiger partial charge in [0.05, 0.1) is 7.11 Å². The largest absolute Gasteiger partial charge is 0.496 e. The maximum Gasteiger partial charge on any atom is 0.342 e. The number of likely N-dealkylation sites (tertiary alicyclic amines) is 1. The molecule has 0 aromatic heterocycles. The number of nitrogens with zero attached hydrogens (tertiary/aromatic N) is 1. The molecule has 1 aromatic rings. The standard InChI is InChI=1S/C14H19NO3/c1-15-9-5-6-11(10-15)18-14(16)12-7-3-4-8-13(12)17-2/h3-4,7-8,11H,5-6,9-10H2,1-2H3/t11-/m0/s1. The smallest absolute Gasteiger partial charge is 0.342 e. The Kier molecular flexibility index (Phi) is 4.20. The van der Waals surface area contributed by atoms with E-state index in [0.29, 0.717) is 11.3 Å². The summed E-state index contributed by atoms with van der Waals surface area (Å²) in [5, 5.41) is 0. The van der Waals surface area contributed by atoms with Crippen LogP contribution < -0.4 is 4.74 Å². The number of esters is 1. The van der Waals surface area contributed by atoms with E-state index in [1.54, 1.807) is 19.2 Å². The van der Waals surface area contributed by atoms with Gasteiger partial charge in [-0.3, -0.25) is 0 Å². The number of hydrogen-bond acceptors (Lipinski definition) is 4. The van der Waals surface area contributed by atoms with Crippen molar-refractivity contribution < 1.29 is 14.3 Å². The Hall–Kier alpha value is -1.55. The van der Waals surface area contributed by atoms with E-state index in [1.165, 1.54) is 0 Å². The predicted molar refractivity (Wildman–Crippen MR) is 68.9 cm³/mol. The lowest BCUT2D eigenvalue weighted by Gasteiger charge is -2.29. The molecule has 1 fully saturated rings. The molecular weight excluding hydrogens is 230 g/mol. The topological polar surface area (TPSA) is 38.8 Å². The van der Waals surface area contributed by atoms with Crippen LogP contribution in [0.15, 0.2) is 24.3 Å². The molecule has 4 heteroatoms. The van der Waals surface area contributed by atoms with Crippen LogP contribution in [0.4, 0.5) is 0 Å². The molecule has 0 saturated carbocycles. The van der Waals surface area contributed by atoms with Crippen LogP contribution in [0.3, 0.4) is 0 Å². The molecule has 1 atom stereocenters. The van der Waals surface area contributed by atoms with Crippen molar-refractivity contribution in [1.82, 2.24) is 4.90 Å². The van der Waals surface area contributed by atoms with Crippen molar-refractivity contribution in [2.75, 3.05) is 27.2 Å². The van der Waals surface area contributed by atoms with Crippen LogP contribution in [0.5, 0.6) is 5.75 Å². The first kappa shape index (κ1) is 12.9. The molecule has 1 heterocycles. The molecule has 0 amide bonds. The number of ether oxygens (including phenoxy) is 2. The summed E-state index contributed by atoms with van der Waals surface area (Å²) in [4.78, 5) is 14.3. The molecule has 0 spiro atoms. The number of benzene rings is 1. The highest BCUT2D eigenvalue weighted by Crippen LogP contribution is 2.20. The number of piperidine rings is 1. The predicted octanol–water partition coefficient (Wildman–Crippen LogP) is 1.95. The lowest BCUT2D eigenvalue weighted by molar-refractivity contribution is 0.0106. The molecule has 1 saturated heterocycles. The van der Waals surface area contributed by atoms with Gasteiger partial charge in [-0.05, 0) is 38.6 Å². The maximum absolute atomic E-state index is 12.1. The molecule has 1 aromatic carbocycles. The van der Waals surface area contributed by atoms with Crippen molar-refractivity contribution in [1.29, 1.82) is 0 Å². The highest BCUT2D eigenvalue weighted by atomic mass is 16.5. The SMILES string of the molecule is COc1ccccc1C(=O)O[C@H]1CCCN(C)C1. The quantitative estimate of drug-likeness (QED) is 0.767. The molecule has 4 nitrogen and oxygen atoms in total. The van der Waals surface area contributed by atoms with E-state index < -0.39 is 0 Å². The molecule has 1 aliphatic heterocycles. The lowest BCUT2D eigenvalue weighted by Crippen LogP contribution is -2.38. The summed E-state index contributed by atoms with van der Waals surface area (Å²) in [6.07, 6.45) is 1.99. The van der Waals surface area contributed by atoms with Crippen molar-refractivity contribution >= 4 is 5.97 Å². The van der Waals surface area contributed by atoms with Crippen molar-refractivity contribution in [3.63, 3.8) is 0 Å². The fraction of sp³-hybridized carbons (Fsp3) is 0.500. The lowest BCUT2D eigenvalue weighted by atomic mass is 10.1. The first-order valence-corrected chi connectivity index (χ1v) is 6.23. The Morgan fingerprint density at radius 2 is 2.17 bits per heavy atom. The van der Waals surface area contributed by atoms with Gasteiger partial charge in [-0.25, -0.2) is 4.79 Å². The molecule has 0 N–H and O–H groups in total. The molecule has 1 aliphatic rings. The number of para-hydroxylation sites is 1. The second kappa shape index (κ2) is 5.87. The Morgan fingerprint density at radius 1 is 1.39 bits per heavy atom. The second-order valence-electron chi connectivity index (χ2n) is 4.63. The van der Waals surface area contributed by atoms with Crippen LogP contribution in [-0.4, -0.2) is 44.2 Å². The fourth-order valence-corrected chi connectivity index (χ4v) is 2.24. The molecule has 98 valence electrons. The summed E-state index contributed by atoms with van der Waals surface area (Å²) in [6.45, 7) is 1.88. The third-order valence-corrected chi connectivity index (χ3v) is 3.18. The van der Waals surface area contributed by atoms with Crippen LogP contribution in [0.1, 0.15) is 23.2 Å². The summed E-state index contributed by atoms with van der Waals surface area (Å²) in [5.41, 5.74) is 0.494. The van der Waals surface area contributed by atoms with Crippen molar-refractivity contribution in [2.45, 2.75) is 18.9 Å². The van der Waals surface area contributed by atoms with E-state index in [9.17, 15) is 4.79 Å². The van der Waals surface area contributed by atoms with Gasteiger partial charge in [0.25, 0.3) is 0 Å². The molecule has 0 unspecified atom stereocenters. The zero-order chi connectivity index (χ0) is 13.0. The molecular formula is C14H19NO3. The zero-order valence-electron chi connectivity index (χ0n) is 10.9. The van der Waals surface area contributed by atoms with E-state index in [-0.39, 0.29) is 12.1 Å². The van der Waals surface area contributed by atoms with Crippen LogP contribution >= 0.6 is 0 Å². The van der Waals surface area contributed by atoms with Gasteiger partial charge in [0, 0.05) is 6.54 Å². The third kappa shape index (κ3) is 3.01. The Labute approximate surface area is 107 Å². The van der Waals surface area contributed by atoms with Gasteiger partial charge < -0.3 is 14.4 Å². The Bertz CT molecular complexity index is 419. The van der Waals surface area contributed by atoms with Gasteiger partial charge in [0.1, 0.15) is 17.4 Å². The summed E-state index contributed by atoms with van der Waals surface area (Å²) < 4.78 is 10.7. The summed E-state index contributed by atoms with van der Waals surface area (Å²) in [5.74, 6) is 0.263. The average molecular weight is 249 g/mol. The monoisotopic (exact) mass is 249 g/mol. The molecule has 0 radical (unpaired) electrons. The van der Waals surface area contributed by atoms with E-state index in [1.807, 2.05) is 19.2 Å². The van der Waals surface area contributed by atoms with Gasteiger partial charge in [-0.15, -0.1) is 0 Å². The zero-order valence-corrected chi connectivity index (χ0v) is 10.9. The Balaban J connectivity index is 2.03. The summed E-state index contributed by atoms with van der Waals surface area (Å²) >= 11 is 0. The number of carbonyl (C=O) groups excluding carboxylic acids is 1. The normalized spacial score (nSPS) is 20.4. The molecule has 0 aliphatic carbocycles. The minimum atomic E-state index is -0.298. The number of hydrogen-bond donors (Lipinski definition) is 0. The highest BCUT2D eigenvalue weighted by molar-refractivity contribution is 5.92. The minimum Gasteiger partial charge on any atom is -0.496 e. The van der Waals surface area contributed by atoms with Gasteiger partial charge >= 0.3 is 5.97 Å². The first-order valence-electron chi connectivity index (χ1n) is 6.23. The summed E-state index contributed by atoms with van der Waals surface area (Å²) in [7, 11) is 3.60. The third-order valence-electron chi connectivity index (χ3n) is 3.18. The van der Waals surface area contributed by atoms with Crippen molar-refractivity contribution in [2.24, 2.45) is 0 Å². The average Bonchev–Trinajstić information content (AvgIpc) is 2.38. The number of likely N-dealkylation sites (N-methyl/N-ethyl adjacent to an activating group) is 1. The Morgan fingerprint density at radius 3 is 2.89 bits per heavy atom. The van der Waals surface area contributed by atoms with E-state index >= 15 is 0 Å². The number of rotatable bonds is 3. The van der Waals surface area contributed by atoms with E-state index in [2.05, 4.69) is 4.90 Å². The van der Waals surface area contributed by atoms with Gasteiger partial charge in [-0.1, -0.05) is 12.1 Å². The molecule has 18 heavy (non-hydrogen) atoms. The minimum absolute atomic E-state index is 0.0128. The van der Waals surface area contributed by atoms with Crippen molar-refractivity contribution in [3.8, 4) is 5.75 Å². The van der Waals surface area contributed by atoms with Crippen LogP contribution in [-0.2, 0) is 4.74 Å². The van der Waals surface area contributed by atoms with Crippen LogP contribution in [0, 0.1) is 0 Å². The van der Waals surface area contributed by atoms with E-state index in [4.69, 9.17) is 9.47 Å². The van der Waals surface area contributed by atoms with Gasteiger partial charge in [-0.2, -0.15) is 0 Å². The summed E-state index contributed by atoms with van der Waals surface area (Å²) in [6, 6.07) is 7.15. The van der Waals surface area contributed by atoms with Gasteiger partial charge in [0.2, 0.25) is 0 Å². The maximum atomic E-state index is 12.1. The molecule has 0 bridgehead atoms. The second-order valence-corrected chi connectivity index (χ2v) is 4.63. The first-order chi connectivity index (χ1) is 8.70. The van der Waals surface area contributed by atoms with Crippen molar-refractivity contribution in [3.05, 3.63) is 29.8 Å². The van der Waals surface area contributed by atoms with Crippen LogP contribution in [0.25, 0.3) is 0 Å². The van der Waals surface area contributed by atoms with E-state index in [0.717, 1.165) is 25.9 Å².